The molecule has 1 saturated carbocycles. The van der Waals surface area contributed by atoms with Crippen LogP contribution in [0.5, 0.6) is 0 Å². The molecular weight excluding hydrogens is 376 g/mol. The Hall–Kier alpha value is -1.66. The van der Waals surface area contributed by atoms with E-state index in [9.17, 15) is 4.79 Å². The fraction of sp³-hybridized carbons (Fsp3) is 0.667. The molecule has 0 aliphatic heterocycles. The number of carbonyl (C=O) groups excluding carboxylic acids is 1. The summed E-state index contributed by atoms with van der Waals surface area (Å²) in [5.41, 5.74) is 8.63. The zero-order valence-electron chi connectivity index (χ0n) is 17.8. The Morgan fingerprint density at radius 1 is 1.29 bits per heavy atom. The van der Waals surface area contributed by atoms with E-state index in [1.807, 2.05) is 13.1 Å². The van der Waals surface area contributed by atoms with Gasteiger partial charge in [0, 0.05) is 25.2 Å². The summed E-state index contributed by atoms with van der Waals surface area (Å²) in [5.74, 6) is 0.409. The number of fused-ring (bicyclic) bond motifs is 1. The van der Waals surface area contributed by atoms with Gasteiger partial charge in [0.25, 0.3) is 11.6 Å². The Kier molecular flexibility index (Phi) is 6.46. The van der Waals surface area contributed by atoms with Gasteiger partial charge in [0.2, 0.25) is 0 Å². The van der Waals surface area contributed by atoms with Crippen molar-refractivity contribution in [2.75, 3.05) is 20.1 Å². The van der Waals surface area contributed by atoms with Gasteiger partial charge in [0.1, 0.15) is 0 Å². The van der Waals surface area contributed by atoms with E-state index in [0.29, 0.717) is 30.3 Å². The fourth-order valence-corrected chi connectivity index (χ4v) is 3.39. The van der Waals surface area contributed by atoms with Crippen LogP contribution >= 0.6 is 12.4 Å². The summed E-state index contributed by atoms with van der Waals surface area (Å²) in [5, 5.41) is 5.03. The summed E-state index contributed by atoms with van der Waals surface area (Å²) < 4.78 is 5.55. The van der Waals surface area contributed by atoms with E-state index < -0.39 is 0 Å². The molecule has 0 aromatic carbocycles. The molecule has 6 nitrogen and oxygen atoms in total. The van der Waals surface area contributed by atoms with E-state index in [0.717, 1.165) is 36.0 Å². The third kappa shape index (κ3) is 5.03. The van der Waals surface area contributed by atoms with Crippen molar-refractivity contribution in [3.05, 3.63) is 23.0 Å². The minimum absolute atomic E-state index is 0. The maximum Gasteiger partial charge on any atom is 0.259 e. The van der Waals surface area contributed by atoms with E-state index in [2.05, 4.69) is 44.8 Å². The molecule has 0 spiro atoms. The highest BCUT2D eigenvalue weighted by atomic mass is 35.5. The summed E-state index contributed by atoms with van der Waals surface area (Å²) in [6.45, 7) is 11.7. The van der Waals surface area contributed by atoms with Gasteiger partial charge in [-0.1, -0.05) is 39.8 Å². The van der Waals surface area contributed by atoms with Crippen molar-refractivity contribution >= 4 is 29.4 Å². The van der Waals surface area contributed by atoms with Gasteiger partial charge in [-0.15, -0.1) is 12.4 Å². The first-order valence-electron chi connectivity index (χ1n) is 9.75. The molecule has 1 amide bonds. The Balaban J connectivity index is 0.00000280. The molecule has 156 valence electrons. The van der Waals surface area contributed by atoms with E-state index in [4.69, 9.17) is 10.3 Å². The molecule has 0 atom stereocenters. The number of pyridine rings is 1. The average Bonchev–Trinajstić information content (AvgIpc) is 3.35. The topological polar surface area (TPSA) is 85.2 Å². The van der Waals surface area contributed by atoms with Crippen molar-refractivity contribution in [1.29, 1.82) is 0 Å². The number of nitrogens with zero attached hydrogens (tertiary/aromatic N) is 3. The second-order valence-electron chi connectivity index (χ2n) is 9.95. The van der Waals surface area contributed by atoms with E-state index in [1.165, 1.54) is 0 Å². The number of hydrogen-bond donors (Lipinski definition) is 1. The number of hydrogen-bond acceptors (Lipinski definition) is 5. The Morgan fingerprint density at radius 3 is 2.46 bits per heavy atom. The highest BCUT2D eigenvalue weighted by Gasteiger charge is 2.31. The molecule has 1 aliphatic rings. The van der Waals surface area contributed by atoms with Gasteiger partial charge < -0.3 is 15.2 Å². The second kappa shape index (κ2) is 7.99. The van der Waals surface area contributed by atoms with Gasteiger partial charge >= 0.3 is 0 Å². The van der Waals surface area contributed by atoms with Crippen LogP contribution in [0.4, 0.5) is 0 Å². The van der Waals surface area contributed by atoms with Crippen LogP contribution in [0, 0.1) is 10.8 Å². The lowest BCUT2D eigenvalue weighted by Crippen LogP contribution is -2.39. The SMILES string of the molecule is CN(CC(C)(C)CN)C(=O)c1cc(C2CC2)nc2onc(CC(C)(C)C)c12.Cl. The smallest absolute Gasteiger partial charge is 0.259 e. The largest absolute Gasteiger partial charge is 0.341 e. The number of carbonyl (C=O) groups is 1. The minimum Gasteiger partial charge on any atom is -0.341 e. The minimum atomic E-state index is -0.140. The molecule has 1 fully saturated rings. The summed E-state index contributed by atoms with van der Waals surface area (Å²) >= 11 is 0. The van der Waals surface area contributed by atoms with Crippen LogP contribution in [-0.2, 0) is 6.42 Å². The Morgan fingerprint density at radius 2 is 1.93 bits per heavy atom. The van der Waals surface area contributed by atoms with Crippen molar-refractivity contribution in [2.24, 2.45) is 16.6 Å². The van der Waals surface area contributed by atoms with Gasteiger partial charge in [-0.25, -0.2) is 4.98 Å². The molecule has 2 N–H and O–H groups in total. The molecule has 2 aromatic rings. The number of aromatic nitrogens is 2. The average molecular weight is 409 g/mol. The molecule has 2 heterocycles. The monoisotopic (exact) mass is 408 g/mol. The van der Waals surface area contributed by atoms with Gasteiger partial charge in [-0.3, -0.25) is 4.79 Å². The lowest BCUT2D eigenvalue weighted by molar-refractivity contribution is 0.0742. The molecule has 7 heteroatoms. The first-order chi connectivity index (χ1) is 12.5. The van der Waals surface area contributed by atoms with Crippen LogP contribution in [0.15, 0.2) is 10.6 Å². The Labute approximate surface area is 173 Å². The van der Waals surface area contributed by atoms with Gasteiger partial charge in [0.15, 0.2) is 0 Å². The van der Waals surface area contributed by atoms with Crippen LogP contribution in [-0.4, -0.2) is 41.1 Å². The van der Waals surface area contributed by atoms with Crippen molar-refractivity contribution in [2.45, 2.75) is 59.8 Å². The molecule has 28 heavy (non-hydrogen) atoms. The van der Waals surface area contributed by atoms with Crippen molar-refractivity contribution in [3.63, 3.8) is 0 Å². The van der Waals surface area contributed by atoms with Crippen molar-refractivity contribution < 1.29 is 9.32 Å². The van der Waals surface area contributed by atoms with Crippen molar-refractivity contribution in [3.8, 4) is 0 Å². The van der Waals surface area contributed by atoms with Crippen LogP contribution < -0.4 is 5.73 Å². The zero-order chi connectivity index (χ0) is 20.0. The molecule has 0 radical (unpaired) electrons. The number of amides is 1. The van der Waals surface area contributed by atoms with Crippen LogP contribution in [0.3, 0.4) is 0 Å². The number of nitrogens with two attached hydrogens (primary N) is 1. The molecule has 1 aliphatic carbocycles. The summed E-state index contributed by atoms with van der Waals surface area (Å²) in [6.07, 6.45) is 2.96. The third-order valence-corrected chi connectivity index (χ3v) is 5.03. The molecule has 2 aromatic heterocycles. The first kappa shape index (κ1) is 22.6. The first-order valence-corrected chi connectivity index (χ1v) is 9.75. The van der Waals surface area contributed by atoms with Crippen LogP contribution in [0.25, 0.3) is 11.1 Å². The summed E-state index contributed by atoms with van der Waals surface area (Å²) in [4.78, 5) is 19.8. The van der Waals surface area contributed by atoms with Gasteiger partial charge in [-0.05, 0) is 42.7 Å². The van der Waals surface area contributed by atoms with Crippen molar-refractivity contribution in [1.82, 2.24) is 15.0 Å². The van der Waals surface area contributed by atoms with Gasteiger partial charge in [0.05, 0.1) is 16.6 Å². The molecule has 0 unspecified atom stereocenters. The Bertz CT molecular complexity index is 850. The number of halogens is 1. The van der Waals surface area contributed by atoms with Crippen LogP contribution in [0.1, 0.15) is 75.1 Å². The standard InChI is InChI=1S/C21H32N4O2.ClH/c1-20(2,3)10-16-17-14(19(26)25(6)12-21(4,5)11-22)9-15(13-7-8-13)23-18(17)27-24-16;/h9,13H,7-8,10-12,22H2,1-6H3;1H. The number of rotatable bonds is 6. The summed E-state index contributed by atoms with van der Waals surface area (Å²) in [7, 11) is 1.83. The molecule has 0 saturated heterocycles. The van der Waals surface area contributed by atoms with Gasteiger partial charge in [-0.2, -0.15) is 0 Å². The third-order valence-electron chi connectivity index (χ3n) is 5.03. The quantitative estimate of drug-likeness (QED) is 0.775. The lowest BCUT2D eigenvalue weighted by atomic mass is 9.89. The predicted octanol–water partition coefficient (Wildman–Crippen LogP) is 4.17. The lowest BCUT2D eigenvalue weighted by Gasteiger charge is -2.29. The highest BCUT2D eigenvalue weighted by Crippen LogP contribution is 2.41. The summed E-state index contributed by atoms with van der Waals surface area (Å²) in [6, 6.07) is 1.96. The van der Waals surface area contributed by atoms with E-state index in [-0.39, 0.29) is 29.1 Å². The van der Waals surface area contributed by atoms with Crippen LogP contribution in [0.2, 0.25) is 0 Å². The highest BCUT2D eigenvalue weighted by molar-refractivity contribution is 6.06. The second-order valence-corrected chi connectivity index (χ2v) is 9.95. The fourth-order valence-electron chi connectivity index (χ4n) is 3.39. The van der Waals surface area contributed by atoms with E-state index >= 15 is 0 Å². The molecule has 0 bridgehead atoms. The maximum absolute atomic E-state index is 13.4. The molecular formula is C21H33ClN4O2. The predicted molar refractivity (Wildman–Crippen MR) is 114 cm³/mol. The molecule has 3 rings (SSSR count). The normalized spacial score (nSPS) is 14.8. The zero-order valence-corrected chi connectivity index (χ0v) is 18.7. The van der Waals surface area contributed by atoms with E-state index in [1.54, 1.807) is 4.90 Å². The maximum atomic E-state index is 13.4.